The van der Waals surface area contributed by atoms with Gasteiger partial charge in [0.05, 0.1) is 6.61 Å². The fourth-order valence-electron chi connectivity index (χ4n) is 1.45. The number of aliphatic hydroxyl groups is 1. The third-order valence-electron chi connectivity index (χ3n) is 2.40. The van der Waals surface area contributed by atoms with Gasteiger partial charge in [0.15, 0.2) is 0 Å². The number of aliphatic hydroxyl groups excluding tert-OH is 1. The fourth-order valence-corrected chi connectivity index (χ4v) is 1.45. The Morgan fingerprint density at radius 2 is 2.06 bits per heavy atom. The first-order valence-corrected chi connectivity index (χ1v) is 5.79. The van der Waals surface area contributed by atoms with Gasteiger partial charge in [0, 0.05) is 32.6 Å². The van der Waals surface area contributed by atoms with Crippen LogP contribution in [0.25, 0.3) is 0 Å². The molecule has 0 aliphatic rings. The van der Waals surface area contributed by atoms with Crippen LogP contribution in [0.15, 0.2) is 24.3 Å². The molecule has 2 amide bonds. The number of nitrogens with one attached hydrogen (secondary N) is 1. The van der Waals surface area contributed by atoms with E-state index in [1.165, 1.54) is 0 Å². The van der Waals surface area contributed by atoms with Gasteiger partial charge in [-0.05, 0) is 17.7 Å². The molecule has 2 N–H and O–H groups in total. The van der Waals surface area contributed by atoms with Gasteiger partial charge in [0.1, 0.15) is 0 Å². The number of carbonyl (C=O) groups excluding carboxylic acids is 1. The van der Waals surface area contributed by atoms with Crippen LogP contribution in [-0.4, -0.2) is 36.7 Å². The summed E-state index contributed by atoms with van der Waals surface area (Å²) in [6, 6.07) is 7.61. The van der Waals surface area contributed by atoms with E-state index in [2.05, 4.69) is 17.2 Å². The number of urea groups is 1. The van der Waals surface area contributed by atoms with E-state index in [-0.39, 0.29) is 12.6 Å². The average molecular weight is 246 g/mol. The van der Waals surface area contributed by atoms with Gasteiger partial charge in [0.2, 0.25) is 0 Å². The van der Waals surface area contributed by atoms with Crippen molar-refractivity contribution in [1.82, 2.24) is 10.2 Å². The Morgan fingerprint density at radius 1 is 1.39 bits per heavy atom. The maximum Gasteiger partial charge on any atom is 0.317 e. The summed E-state index contributed by atoms with van der Waals surface area (Å²) in [5, 5.41) is 11.2. The number of hydrogen-bond donors (Lipinski definition) is 2. The molecule has 1 aromatic carbocycles. The van der Waals surface area contributed by atoms with E-state index >= 15 is 0 Å². The van der Waals surface area contributed by atoms with Crippen molar-refractivity contribution < 1.29 is 9.90 Å². The molecular formula is C14H18N2O2. The molecule has 0 saturated heterocycles. The molecule has 1 rings (SSSR count). The quantitative estimate of drug-likeness (QED) is 0.787. The van der Waals surface area contributed by atoms with Crippen molar-refractivity contribution in [3.8, 4) is 11.8 Å². The predicted octanol–water partition coefficient (Wildman–Crippen LogP) is 1.19. The fraction of sp³-hybridized carbons (Fsp3) is 0.357. The van der Waals surface area contributed by atoms with Crippen molar-refractivity contribution in [2.24, 2.45) is 0 Å². The van der Waals surface area contributed by atoms with Crippen molar-refractivity contribution in [2.45, 2.75) is 13.0 Å². The van der Waals surface area contributed by atoms with Crippen LogP contribution in [-0.2, 0) is 6.54 Å². The highest BCUT2D eigenvalue weighted by atomic mass is 16.2. The van der Waals surface area contributed by atoms with E-state index in [0.29, 0.717) is 13.0 Å². The monoisotopic (exact) mass is 246 g/mol. The van der Waals surface area contributed by atoms with Crippen LogP contribution in [0.4, 0.5) is 4.79 Å². The topological polar surface area (TPSA) is 52.6 Å². The van der Waals surface area contributed by atoms with Crippen LogP contribution < -0.4 is 5.32 Å². The summed E-state index contributed by atoms with van der Waals surface area (Å²) >= 11 is 0. The minimum Gasteiger partial charge on any atom is -0.395 e. The zero-order valence-electron chi connectivity index (χ0n) is 10.7. The Morgan fingerprint density at radius 3 is 2.61 bits per heavy atom. The molecule has 0 aliphatic carbocycles. The number of benzene rings is 1. The molecule has 4 heteroatoms. The molecule has 0 atom stereocenters. The van der Waals surface area contributed by atoms with E-state index in [4.69, 9.17) is 5.11 Å². The first-order valence-electron chi connectivity index (χ1n) is 5.79. The molecule has 18 heavy (non-hydrogen) atoms. The zero-order chi connectivity index (χ0) is 13.4. The molecule has 0 radical (unpaired) electrons. The summed E-state index contributed by atoms with van der Waals surface area (Å²) in [5.74, 6) is 5.82. The van der Waals surface area contributed by atoms with Gasteiger partial charge in [-0.3, -0.25) is 0 Å². The van der Waals surface area contributed by atoms with Crippen molar-refractivity contribution in [3.05, 3.63) is 35.4 Å². The van der Waals surface area contributed by atoms with Crippen LogP contribution in [0.3, 0.4) is 0 Å². The summed E-state index contributed by atoms with van der Waals surface area (Å²) < 4.78 is 0. The summed E-state index contributed by atoms with van der Waals surface area (Å²) in [6.07, 6.45) is 0.487. The Labute approximate surface area is 108 Å². The van der Waals surface area contributed by atoms with Gasteiger partial charge in [-0.25, -0.2) is 4.79 Å². The Bertz CT molecular complexity index is 443. The van der Waals surface area contributed by atoms with Crippen LogP contribution in [0.2, 0.25) is 0 Å². The molecule has 0 spiro atoms. The number of carbonyl (C=O) groups is 1. The SMILES string of the molecule is CNC(=O)N(C)Cc1ccc(C#CCCO)cc1. The summed E-state index contributed by atoms with van der Waals surface area (Å²) in [7, 11) is 3.35. The van der Waals surface area contributed by atoms with Crippen molar-refractivity contribution >= 4 is 6.03 Å². The molecule has 0 saturated carbocycles. The molecule has 0 fully saturated rings. The zero-order valence-corrected chi connectivity index (χ0v) is 10.7. The van der Waals surface area contributed by atoms with E-state index in [1.54, 1.807) is 19.0 Å². The first-order chi connectivity index (χ1) is 8.67. The lowest BCUT2D eigenvalue weighted by Crippen LogP contribution is -2.34. The second-order valence-electron chi connectivity index (χ2n) is 3.88. The standard InChI is InChI=1S/C14H18N2O2/c1-15-14(18)16(2)11-13-8-6-12(7-9-13)5-3-4-10-17/h6-9,17H,4,10-11H2,1-2H3,(H,15,18). The number of hydrogen-bond acceptors (Lipinski definition) is 2. The molecule has 0 unspecified atom stereocenters. The van der Waals surface area contributed by atoms with Crippen molar-refractivity contribution in [1.29, 1.82) is 0 Å². The minimum absolute atomic E-state index is 0.0853. The maximum absolute atomic E-state index is 11.3. The molecule has 96 valence electrons. The Hall–Kier alpha value is -1.99. The van der Waals surface area contributed by atoms with Crippen LogP contribution in [0.5, 0.6) is 0 Å². The highest BCUT2D eigenvalue weighted by molar-refractivity contribution is 5.73. The van der Waals surface area contributed by atoms with Gasteiger partial charge >= 0.3 is 6.03 Å². The van der Waals surface area contributed by atoms with Crippen LogP contribution in [0.1, 0.15) is 17.5 Å². The largest absolute Gasteiger partial charge is 0.395 e. The third kappa shape index (κ3) is 4.48. The average Bonchev–Trinajstić information content (AvgIpc) is 2.40. The van der Waals surface area contributed by atoms with Crippen LogP contribution >= 0.6 is 0 Å². The lowest BCUT2D eigenvalue weighted by atomic mass is 10.1. The first kappa shape index (κ1) is 14.1. The maximum atomic E-state index is 11.3. The summed E-state index contributed by atoms with van der Waals surface area (Å²) in [5.41, 5.74) is 1.96. The number of amides is 2. The van der Waals surface area contributed by atoms with E-state index in [0.717, 1.165) is 11.1 Å². The van der Waals surface area contributed by atoms with Crippen LogP contribution in [0, 0.1) is 11.8 Å². The molecule has 4 nitrogen and oxygen atoms in total. The molecule has 0 aliphatic heterocycles. The summed E-state index contributed by atoms with van der Waals surface area (Å²) in [6.45, 7) is 0.645. The smallest absolute Gasteiger partial charge is 0.317 e. The van der Waals surface area contributed by atoms with E-state index < -0.39 is 0 Å². The summed E-state index contributed by atoms with van der Waals surface area (Å²) in [4.78, 5) is 12.9. The predicted molar refractivity (Wildman–Crippen MR) is 70.9 cm³/mol. The Balaban J connectivity index is 2.61. The van der Waals surface area contributed by atoms with Gasteiger partial charge in [-0.15, -0.1) is 0 Å². The Kier molecular flexibility index (Phi) is 5.75. The lowest BCUT2D eigenvalue weighted by molar-refractivity contribution is 0.209. The molecule has 0 aromatic heterocycles. The lowest BCUT2D eigenvalue weighted by Gasteiger charge is -2.16. The van der Waals surface area contributed by atoms with Gasteiger partial charge < -0.3 is 15.3 Å². The van der Waals surface area contributed by atoms with Crippen molar-refractivity contribution in [3.63, 3.8) is 0 Å². The highest BCUT2D eigenvalue weighted by Crippen LogP contribution is 2.06. The molecular weight excluding hydrogens is 228 g/mol. The van der Waals surface area contributed by atoms with Gasteiger partial charge in [-0.1, -0.05) is 24.0 Å². The minimum atomic E-state index is -0.109. The molecule has 1 aromatic rings. The second kappa shape index (κ2) is 7.36. The van der Waals surface area contributed by atoms with E-state index in [1.807, 2.05) is 24.3 Å². The number of rotatable bonds is 3. The second-order valence-corrected chi connectivity index (χ2v) is 3.88. The normalized spacial score (nSPS) is 9.28. The van der Waals surface area contributed by atoms with Gasteiger partial charge in [0.25, 0.3) is 0 Å². The van der Waals surface area contributed by atoms with Crippen molar-refractivity contribution in [2.75, 3.05) is 20.7 Å². The number of nitrogens with zero attached hydrogens (tertiary/aromatic N) is 1. The van der Waals surface area contributed by atoms with Gasteiger partial charge in [-0.2, -0.15) is 0 Å². The molecule has 0 heterocycles. The van der Waals surface area contributed by atoms with E-state index in [9.17, 15) is 4.79 Å². The highest BCUT2D eigenvalue weighted by Gasteiger charge is 2.05. The third-order valence-corrected chi connectivity index (χ3v) is 2.40. The molecule has 0 bridgehead atoms.